The monoisotopic (exact) mass is 322 g/mol. The minimum absolute atomic E-state index is 0.586. The van der Waals surface area contributed by atoms with E-state index in [0.29, 0.717) is 6.04 Å². The zero-order chi connectivity index (χ0) is 12.4. The maximum absolute atomic E-state index is 4.31. The number of nitrogens with one attached hydrogen (secondary N) is 1. The average molecular weight is 323 g/mol. The highest BCUT2D eigenvalue weighted by molar-refractivity contribution is 9.10. The lowest BCUT2D eigenvalue weighted by molar-refractivity contribution is 0.457. The summed E-state index contributed by atoms with van der Waals surface area (Å²) in [6.45, 7) is 0.897. The molecule has 1 N–H and O–H groups in total. The van der Waals surface area contributed by atoms with E-state index in [-0.39, 0.29) is 0 Å². The van der Waals surface area contributed by atoms with E-state index in [4.69, 9.17) is 0 Å². The van der Waals surface area contributed by atoms with E-state index in [2.05, 4.69) is 44.4 Å². The molecule has 0 saturated carbocycles. The number of aryl methyl sites for hydroxylation is 1. The standard InChI is InChI=1S/C14H15BrN2S/c15-12-3-1-11-8-13(4-2-10(11)7-12)17-9-14-16-5-6-18-14/h1,3,5-7,13,17H,2,4,8-9H2. The van der Waals surface area contributed by atoms with Gasteiger partial charge in [-0.25, -0.2) is 4.98 Å². The van der Waals surface area contributed by atoms with Gasteiger partial charge in [-0.3, -0.25) is 0 Å². The summed E-state index contributed by atoms with van der Waals surface area (Å²) in [4.78, 5) is 4.31. The smallest absolute Gasteiger partial charge is 0.106 e. The van der Waals surface area contributed by atoms with Gasteiger partial charge in [-0.2, -0.15) is 0 Å². The van der Waals surface area contributed by atoms with Gasteiger partial charge in [-0.15, -0.1) is 11.3 Å². The molecule has 4 heteroatoms. The molecular weight excluding hydrogens is 308 g/mol. The van der Waals surface area contributed by atoms with Crippen LogP contribution in [0.25, 0.3) is 0 Å². The summed E-state index contributed by atoms with van der Waals surface area (Å²) >= 11 is 5.26. The molecule has 1 aliphatic carbocycles. The first-order valence-corrected chi connectivity index (χ1v) is 7.87. The number of fused-ring (bicyclic) bond motifs is 1. The number of thiazole rings is 1. The maximum atomic E-state index is 4.31. The SMILES string of the molecule is Brc1ccc2c(c1)CCC(NCc1nccs1)C2. The molecule has 0 saturated heterocycles. The molecule has 0 radical (unpaired) electrons. The van der Waals surface area contributed by atoms with Crippen LogP contribution in [0.2, 0.25) is 0 Å². The van der Waals surface area contributed by atoms with Crippen molar-refractivity contribution < 1.29 is 0 Å². The number of hydrogen-bond acceptors (Lipinski definition) is 3. The largest absolute Gasteiger partial charge is 0.307 e. The van der Waals surface area contributed by atoms with Gasteiger partial charge in [0.25, 0.3) is 0 Å². The Morgan fingerprint density at radius 3 is 3.17 bits per heavy atom. The first-order valence-electron chi connectivity index (χ1n) is 6.20. The summed E-state index contributed by atoms with van der Waals surface area (Å²) < 4.78 is 1.19. The van der Waals surface area contributed by atoms with E-state index in [0.717, 1.165) is 13.0 Å². The number of nitrogens with zero attached hydrogens (tertiary/aromatic N) is 1. The van der Waals surface area contributed by atoms with E-state index in [1.165, 1.54) is 33.4 Å². The molecule has 1 aromatic carbocycles. The summed E-state index contributed by atoms with van der Waals surface area (Å²) in [5, 5.41) is 6.83. The molecule has 1 aliphatic rings. The van der Waals surface area contributed by atoms with Crippen LogP contribution >= 0.6 is 27.3 Å². The molecule has 0 bridgehead atoms. The normalized spacial score (nSPS) is 18.6. The fraction of sp³-hybridized carbons (Fsp3) is 0.357. The second kappa shape index (κ2) is 5.51. The third-order valence-electron chi connectivity index (χ3n) is 3.42. The summed E-state index contributed by atoms with van der Waals surface area (Å²) in [6.07, 6.45) is 5.39. The van der Waals surface area contributed by atoms with Crippen LogP contribution in [0, 0.1) is 0 Å². The minimum Gasteiger partial charge on any atom is -0.307 e. The molecule has 0 spiro atoms. The van der Waals surface area contributed by atoms with Crippen molar-refractivity contribution in [2.24, 2.45) is 0 Å². The number of hydrogen-bond donors (Lipinski definition) is 1. The van der Waals surface area contributed by atoms with Crippen LogP contribution in [0.3, 0.4) is 0 Å². The average Bonchev–Trinajstić information content (AvgIpc) is 2.89. The van der Waals surface area contributed by atoms with Crippen molar-refractivity contribution >= 4 is 27.3 Å². The highest BCUT2D eigenvalue weighted by atomic mass is 79.9. The molecule has 2 aromatic rings. The highest BCUT2D eigenvalue weighted by Gasteiger charge is 2.18. The summed E-state index contributed by atoms with van der Waals surface area (Å²) in [5.74, 6) is 0. The van der Waals surface area contributed by atoms with Crippen molar-refractivity contribution in [2.45, 2.75) is 31.8 Å². The zero-order valence-electron chi connectivity index (χ0n) is 10.0. The molecule has 2 nitrogen and oxygen atoms in total. The van der Waals surface area contributed by atoms with Crippen LogP contribution < -0.4 is 5.32 Å². The number of rotatable bonds is 3. The molecule has 1 atom stereocenters. The van der Waals surface area contributed by atoms with Crippen LogP contribution in [0.15, 0.2) is 34.2 Å². The Kier molecular flexibility index (Phi) is 3.77. The second-order valence-electron chi connectivity index (χ2n) is 4.66. The number of halogens is 1. The third kappa shape index (κ3) is 2.82. The number of benzene rings is 1. The highest BCUT2D eigenvalue weighted by Crippen LogP contribution is 2.25. The lowest BCUT2D eigenvalue weighted by Gasteiger charge is -2.25. The van der Waals surface area contributed by atoms with Gasteiger partial charge in [0.2, 0.25) is 0 Å². The lowest BCUT2D eigenvalue weighted by Crippen LogP contribution is -2.34. The molecule has 18 heavy (non-hydrogen) atoms. The Morgan fingerprint density at radius 2 is 2.33 bits per heavy atom. The van der Waals surface area contributed by atoms with Crippen molar-refractivity contribution in [1.82, 2.24) is 10.3 Å². The van der Waals surface area contributed by atoms with E-state index >= 15 is 0 Å². The lowest BCUT2D eigenvalue weighted by atomic mass is 9.88. The summed E-state index contributed by atoms with van der Waals surface area (Å²) in [6, 6.07) is 7.23. The molecule has 0 amide bonds. The van der Waals surface area contributed by atoms with Crippen molar-refractivity contribution in [2.75, 3.05) is 0 Å². The quantitative estimate of drug-likeness (QED) is 0.934. The van der Waals surface area contributed by atoms with Gasteiger partial charge in [-0.05, 0) is 42.5 Å². The fourth-order valence-electron chi connectivity index (χ4n) is 2.47. The predicted molar refractivity (Wildman–Crippen MR) is 78.9 cm³/mol. The van der Waals surface area contributed by atoms with Crippen LogP contribution in [0.4, 0.5) is 0 Å². The zero-order valence-corrected chi connectivity index (χ0v) is 12.4. The second-order valence-corrected chi connectivity index (χ2v) is 6.55. The molecular formula is C14H15BrN2S. The summed E-state index contributed by atoms with van der Waals surface area (Å²) in [5.41, 5.74) is 2.98. The molecule has 3 rings (SSSR count). The molecule has 1 unspecified atom stereocenters. The fourth-order valence-corrected chi connectivity index (χ4v) is 3.45. The van der Waals surface area contributed by atoms with Crippen LogP contribution in [0.5, 0.6) is 0 Å². The van der Waals surface area contributed by atoms with Crippen LogP contribution in [0.1, 0.15) is 22.6 Å². The van der Waals surface area contributed by atoms with Crippen molar-refractivity contribution in [3.05, 3.63) is 50.4 Å². The van der Waals surface area contributed by atoms with E-state index in [1.807, 2.05) is 11.6 Å². The Balaban J connectivity index is 1.62. The Hall–Kier alpha value is -0.710. The predicted octanol–water partition coefficient (Wildman–Crippen LogP) is 3.55. The van der Waals surface area contributed by atoms with Gasteiger partial charge in [0.15, 0.2) is 0 Å². The number of aromatic nitrogens is 1. The maximum Gasteiger partial charge on any atom is 0.106 e. The van der Waals surface area contributed by atoms with Gasteiger partial charge in [0, 0.05) is 28.6 Å². The van der Waals surface area contributed by atoms with Gasteiger partial charge in [0.05, 0.1) is 0 Å². The summed E-state index contributed by atoms with van der Waals surface area (Å²) in [7, 11) is 0. The molecule has 0 fully saturated rings. The third-order valence-corrected chi connectivity index (χ3v) is 4.70. The first-order chi connectivity index (χ1) is 8.81. The molecule has 0 aliphatic heterocycles. The molecule has 1 heterocycles. The minimum atomic E-state index is 0.586. The Morgan fingerprint density at radius 1 is 1.39 bits per heavy atom. The molecule has 1 aromatic heterocycles. The van der Waals surface area contributed by atoms with E-state index in [9.17, 15) is 0 Å². The van der Waals surface area contributed by atoms with Crippen molar-refractivity contribution in [3.63, 3.8) is 0 Å². The molecule has 94 valence electrons. The Bertz CT molecular complexity index is 525. The Labute approximate surface area is 120 Å². The van der Waals surface area contributed by atoms with Gasteiger partial charge in [0.1, 0.15) is 5.01 Å². The van der Waals surface area contributed by atoms with Gasteiger partial charge < -0.3 is 5.32 Å². The van der Waals surface area contributed by atoms with Crippen LogP contribution in [-0.4, -0.2) is 11.0 Å². The van der Waals surface area contributed by atoms with Gasteiger partial charge in [-0.1, -0.05) is 22.0 Å². The van der Waals surface area contributed by atoms with Crippen molar-refractivity contribution in [3.8, 4) is 0 Å². The topological polar surface area (TPSA) is 24.9 Å². The van der Waals surface area contributed by atoms with Crippen molar-refractivity contribution in [1.29, 1.82) is 0 Å². The van der Waals surface area contributed by atoms with E-state index < -0.39 is 0 Å². The first kappa shape index (κ1) is 12.3. The van der Waals surface area contributed by atoms with E-state index in [1.54, 1.807) is 11.3 Å². The van der Waals surface area contributed by atoms with Crippen LogP contribution in [-0.2, 0) is 19.4 Å². The van der Waals surface area contributed by atoms with Gasteiger partial charge >= 0.3 is 0 Å².